The number of hydrogen-bond donors (Lipinski definition) is 0. The minimum absolute atomic E-state index is 0.227. The number of esters is 1. The van der Waals surface area contributed by atoms with Crippen LogP contribution in [0.5, 0.6) is 0 Å². The van der Waals surface area contributed by atoms with Gasteiger partial charge in [0.1, 0.15) is 13.7 Å². The highest BCUT2D eigenvalue weighted by atomic mass is 28.3. The highest BCUT2D eigenvalue weighted by Gasteiger charge is 2.17. The number of hydrogen-bond acceptors (Lipinski definition) is 4. The van der Waals surface area contributed by atoms with Gasteiger partial charge in [-0.1, -0.05) is 25.6 Å². The van der Waals surface area contributed by atoms with E-state index in [4.69, 9.17) is 4.74 Å². The van der Waals surface area contributed by atoms with Gasteiger partial charge in [0.25, 0.3) is 0 Å². The van der Waals surface area contributed by atoms with E-state index in [9.17, 15) is 4.79 Å². The van der Waals surface area contributed by atoms with Gasteiger partial charge in [0.2, 0.25) is 0 Å². The molecule has 1 aromatic rings. The van der Waals surface area contributed by atoms with E-state index in [0.29, 0.717) is 6.54 Å². The molecule has 0 saturated carbocycles. The highest BCUT2D eigenvalue weighted by molar-refractivity contribution is 6.83. The lowest BCUT2D eigenvalue weighted by atomic mass is 10.2. The van der Waals surface area contributed by atoms with Crippen molar-refractivity contribution in [2.24, 2.45) is 0 Å². The summed E-state index contributed by atoms with van der Waals surface area (Å²) in [4.78, 5) is 18.1. The predicted octanol–water partition coefficient (Wildman–Crippen LogP) is 3.08. The van der Waals surface area contributed by atoms with E-state index in [-0.39, 0.29) is 12.5 Å². The average Bonchev–Trinajstić information content (AvgIpc) is 2.33. The summed E-state index contributed by atoms with van der Waals surface area (Å²) in [7, 11) is 0.494. The Balaban J connectivity index is 2.67. The molecule has 0 spiro atoms. The van der Waals surface area contributed by atoms with Crippen LogP contribution in [0.3, 0.4) is 0 Å². The van der Waals surface area contributed by atoms with Crippen LogP contribution in [0.15, 0.2) is 18.3 Å². The molecule has 0 saturated heterocycles. The number of likely N-dealkylation sites (N-methyl/N-ethyl adjacent to an activating group) is 1. The molecule has 0 radical (unpaired) electrons. The molecule has 1 rings (SSSR count). The molecule has 126 valence electrons. The van der Waals surface area contributed by atoms with Gasteiger partial charge in [0, 0.05) is 18.3 Å². The Morgan fingerprint density at radius 1 is 1.35 bits per heavy atom. The van der Waals surface area contributed by atoms with Crippen LogP contribution in [0.25, 0.3) is 0 Å². The summed E-state index contributed by atoms with van der Waals surface area (Å²) in [5.41, 5.74) is 4.77. The third kappa shape index (κ3) is 9.17. The largest absolute Gasteiger partial charge is 0.459 e. The summed E-state index contributed by atoms with van der Waals surface area (Å²) in [6, 6.07) is 3.91. The summed E-state index contributed by atoms with van der Waals surface area (Å²) in [6.07, 6.45) is 1.77. The Labute approximate surface area is 141 Å². The fraction of sp³-hybridized carbons (Fsp3) is 0.556. The summed E-state index contributed by atoms with van der Waals surface area (Å²) in [5.74, 6) is 3.00. The number of pyridine rings is 1. The molecule has 0 bridgehead atoms. The van der Waals surface area contributed by atoms with Crippen LogP contribution in [-0.2, 0) is 16.1 Å². The first-order valence-corrected chi connectivity index (χ1v) is 11.3. The number of nitrogens with zero attached hydrogens (tertiary/aromatic N) is 2. The summed E-state index contributed by atoms with van der Waals surface area (Å²) < 4.78 is 5.33. The standard InChI is InChI=1S/C18H28N2O2Si/c1-18(2,3)22-17(21)14-20(4)13-16-12-15(8-10-19-16)9-11-23(5,6)7/h8,10,12H,13-14H2,1-7H3. The van der Waals surface area contributed by atoms with Crippen LogP contribution in [-0.4, -0.2) is 43.1 Å². The number of carbonyl (C=O) groups is 1. The Hall–Kier alpha value is -1.64. The number of carbonyl (C=O) groups excluding carboxylic acids is 1. The van der Waals surface area contributed by atoms with Gasteiger partial charge in [0.15, 0.2) is 0 Å². The maximum Gasteiger partial charge on any atom is 0.320 e. The molecule has 0 atom stereocenters. The van der Waals surface area contributed by atoms with Gasteiger partial charge in [-0.3, -0.25) is 14.7 Å². The van der Waals surface area contributed by atoms with Gasteiger partial charge in [-0.25, -0.2) is 0 Å². The van der Waals surface area contributed by atoms with Crippen LogP contribution < -0.4 is 0 Å². The van der Waals surface area contributed by atoms with Crippen LogP contribution in [0, 0.1) is 11.5 Å². The summed E-state index contributed by atoms with van der Waals surface area (Å²) in [5, 5.41) is 0. The lowest BCUT2D eigenvalue weighted by Gasteiger charge is -2.22. The van der Waals surface area contributed by atoms with Crippen molar-refractivity contribution < 1.29 is 9.53 Å². The van der Waals surface area contributed by atoms with Crippen molar-refractivity contribution in [1.82, 2.24) is 9.88 Å². The molecule has 1 aromatic heterocycles. The first-order valence-electron chi connectivity index (χ1n) is 7.83. The fourth-order valence-corrected chi connectivity index (χ4v) is 2.35. The zero-order chi connectivity index (χ0) is 17.7. The van der Waals surface area contributed by atoms with E-state index in [1.54, 1.807) is 6.20 Å². The summed E-state index contributed by atoms with van der Waals surface area (Å²) in [6.45, 7) is 13.1. The first kappa shape index (κ1) is 19.4. The fourth-order valence-electron chi connectivity index (χ4n) is 1.83. The molecule has 5 heteroatoms. The molecule has 0 aliphatic heterocycles. The third-order valence-corrected chi connectivity index (χ3v) is 3.52. The molecule has 0 fully saturated rings. The third-order valence-electron chi connectivity index (χ3n) is 2.65. The molecule has 0 amide bonds. The summed E-state index contributed by atoms with van der Waals surface area (Å²) >= 11 is 0. The minimum atomic E-state index is -1.39. The van der Waals surface area contributed by atoms with Crippen molar-refractivity contribution in [2.45, 2.75) is 52.6 Å². The SMILES string of the molecule is CN(CC(=O)OC(C)(C)C)Cc1cc(C#C[Si](C)(C)C)ccn1. The van der Waals surface area contributed by atoms with Gasteiger partial charge < -0.3 is 4.74 Å². The Kier molecular flexibility index (Phi) is 6.54. The van der Waals surface area contributed by atoms with E-state index < -0.39 is 13.7 Å². The second-order valence-electron chi connectivity index (χ2n) is 7.79. The van der Waals surface area contributed by atoms with Crippen molar-refractivity contribution in [3.63, 3.8) is 0 Å². The van der Waals surface area contributed by atoms with Crippen molar-refractivity contribution in [3.05, 3.63) is 29.6 Å². The topological polar surface area (TPSA) is 42.4 Å². The quantitative estimate of drug-likeness (QED) is 0.483. The zero-order valence-corrected chi connectivity index (χ0v) is 16.4. The normalized spacial score (nSPS) is 11.8. The monoisotopic (exact) mass is 332 g/mol. The first-order chi connectivity index (χ1) is 10.4. The van der Waals surface area contributed by atoms with Crippen molar-refractivity contribution >= 4 is 14.0 Å². The van der Waals surface area contributed by atoms with Crippen LogP contribution in [0.2, 0.25) is 19.6 Å². The number of ether oxygens (including phenoxy) is 1. The minimum Gasteiger partial charge on any atom is -0.459 e. The van der Waals surface area contributed by atoms with Crippen LogP contribution in [0.1, 0.15) is 32.0 Å². The maximum atomic E-state index is 11.8. The average molecular weight is 333 g/mol. The molecule has 4 nitrogen and oxygen atoms in total. The van der Waals surface area contributed by atoms with E-state index in [1.807, 2.05) is 44.9 Å². The molecule has 0 aromatic carbocycles. The van der Waals surface area contributed by atoms with Gasteiger partial charge in [-0.2, -0.15) is 0 Å². The van der Waals surface area contributed by atoms with Crippen molar-refractivity contribution in [2.75, 3.05) is 13.6 Å². The van der Waals surface area contributed by atoms with Crippen molar-refractivity contribution in [1.29, 1.82) is 0 Å². The van der Waals surface area contributed by atoms with Crippen LogP contribution >= 0.6 is 0 Å². The molecule has 23 heavy (non-hydrogen) atoms. The molecule has 0 N–H and O–H groups in total. The van der Waals surface area contributed by atoms with Gasteiger partial charge in [-0.15, -0.1) is 5.54 Å². The Morgan fingerprint density at radius 3 is 2.57 bits per heavy atom. The molecule has 1 heterocycles. The van der Waals surface area contributed by atoms with E-state index in [1.165, 1.54) is 0 Å². The number of rotatable bonds is 4. The lowest BCUT2D eigenvalue weighted by Crippen LogP contribution is -2.32. The zero-order valence-electron chi connectivity index (χ0n) is 15.4. The van der Waals surface area contributed by atoms with Crippen molar-refractivity contribution in [3.8, 4) is 11.5 Å². The van der Waals surface area contributed by atoms with Crippen LogP contribution in [0.4, 0.5) is 0 Å². The van der Waals surface area contributed by atoms with Gasteiger partial charge in [-0.05, 0) is 40.0 Å². The lowest BCUT2D eigenvalue weighted by molar-refractivity contribution is -0.155. The molecule has 0 unspecified atom stereocenters. The predicted molar refractivity (Wildman–Crippen MR) is 96.6 cm³/mol. The van der Waals surface area contributed by atoms with Gasteiger partial charge in [0.05, 0.1) is 12.2 Å². The van der Waals surface area contributed by atoms with E-state index in [0.717, 1.165) is 11.3 Å². The molecule has 0 aliphatic carbocycles. The molecular formula is C18H28N2O2Si. The smallest absolute Gasteiger partial charge is 0.320 e. The van der Waals surface area contributed by atoms with E-state index >= 15 is 0 Å². The molecular weight excluding hydrogens is 304 g/mol. The van der Waals surface area contributed by atoms with E-state index in [2.05, 4.69) is 36.1 Å². The second kappa shape index (κ2) is 7.76. The number of aromatic nitrogens is 1. The highest BCUT2D eigenvalue weighted by Crippen LogP contribution is 2.09. The molecule has 0 aliphatic rings. The Morgan fingerprint density at radius 2 is 2.00 bits per heavy atom. The maximum absolute atomic E-state index is 11.8. The van der Waals surface area contributed by atoms with Gasteiger partial charge >= 0.3 is 5.97 Å². The second-order valence-corrected chi connectivity index (χ2v) is 12.5. The Bertz CT molecular complexity index is 604.